The van der Waals surface area contributed by atoms with Gasteiger partial charge in [0.05, 0.1) is 19.1 Å². The summed E-state index contributed by atoms with van der Waals surface area (Å²) in [6, 6.07) is 0. The number of hydrogen-bond acceptors (Lipinski definition) is 5. The number of esters is 1. The predicted octanol–water partition coefficient (Wildman–Crippen LogP) is 0.320. The van der Waals surface area contributed by atoms with Crippen LogP contribution in [0, 0.1) is 0 Å². The topological polar surface area (TPSA) is 70.8 Å². The Hall–Kier alpha value is -0.650. The molecule has 0 aromatic rings. The molecule has 5 nitrogen and oxygen atoms in total. The fourth-order valence-corrected chi connectivity index (χ4v) is 0.969. The Bertz CT molecular complexity index is 160. The number of carbonyl (C=O) groups excluding carboxylic acids is 1. The van der Waals surface area contributed by atoms with E-state index in [0.717, 1.165) is 6.42 Å². The van der Waals surface area contributed by atoms with Crippen molar-refractivity contribution in [2.45, 2.75) is 25.9 Å². The van der Waals surface area contributed by atoms with Gasteiger partial charge in [-0.15, -0.1) is 0 Å². The molecule has 5 heteroatoms. The number of ether oxygens (including phenoxy) is 3. The highest BCUT2D eigenvalue weighted by Crippen LogP contribution is 1.97. The number of methoxy groups -OCH3 is 1. The van der Waals surface area contributed by atoms with Crippen molar-refractivity contribution in [2.75, 3.05) is 33.5 Å². The highest BCUT2D eigenvalue weighted by Gasteiger charge is 2.11. The molecule has 2 N–H and O–H groups in total. The first-order valence-electron chi connectivity index (χ1n) is 5.20. The zero-order chi connectivity index (χ0) is 11.5. The van der Waals surface area contributed by atoms with Gasteiger partial charge in [-0.3, -0.25) is 4.79 Å². The van der Waals surface area contributed by atoms with E-state index in [-0.39, 0.29) is 18.5 Å². The molecule has 0 saturated heterocycles. The molecular formula is C10H21NO4. The minimum atomic E-state index is -0.299. The summed E-state index contributed by atoms with van der Waals surface area (Å²) in [5.41, 5.74) is 5.37. The van der Waals surface area contributed by atoms with Crippen molar-refractivity contribution < 1.29 is 19.0 Å². The molecule has 90 valence electrons. The molecule has 0 aromatic heterocycles. The second-order valence-corrected chi connectivity index (χ2v) is 3.13. The molecule has 0 amide bonds. The average molecular weight is 219 g/mol. The van der Waals surface area contributed by atoms with Gasteiger partial charge in [-0.2, -0.15) is 0 Å². The van der Waals surface area contributed by atoms with Gasteiger partial charge in [0.1, 0.15) is 6.61 Å². The predicted molar refractivity (Wildman–Crippen MR) is 56.5 cm³/mol. The van der Waals surface area contributed by atoms with Crippen molar-refractivity contribution in [2.24, 2.45) is 5.73 Å². The van der Waals surface area contributed by atoms with E-state index in [0.29, 0.717) is 26.4 Å². The SMILES string of the molecule is CCCOCCOC(=O)CC(CN)OC. The van der Waals surface area contributed by atoms with E-state index in [9.17, 15) is 4.79 Å². The number of nitrogens with two attached hydrogens (primary N) is 1. The maximum atomic E-state index is 11.2. The van der Waals surface area contributed by atoms with E-state index in [4.69, 9.17) is 19.9 Å². The molecule has 1 atom stereocenters. The van der Waals surface area contributed by atoms with Crippen LogP contribution in [0.25, 0.3) is 0 Å². The van der Waals surface area contributed by atoms with E-state index in [2.05, 4.69) is 0 Å². The number of carbonyl (C=O) groups is 1. The Morgan fingerprint density at radius 1 is 1.33 bits per heavy atom. The van der Waals surface area contributed by atoms with Gasteiger partial charge < -0.3 is 19.9 Å². The second kappa shape index (κ2) is 9.89. The zero-order valence-corrected chi connectivity index (χ0v) is 9.53. The fourth-order valence-electron chi connectivity index (χ4n) is 0.969. The van der Waals surface area contributed by atoms with E-state index in [1.807, 2.05) is 6.92 Å². The molecule has 0 saturated carbocycles. The standard InChI is InChI=1S/C10H21NO4/c1-3-4-14-5-6-15-10(12)7-9(8-11)13-2/h9H,3-8,11H2,1-2H3. The molecule has 0 aliphatic rings. The summed E-state index contributed by atoms with van der Waals surface area (Å²) in [6.07, 6.45) is 0.905. The summed E-state index contributed by atoms with van der Waals surface area (Å²) in [7, 11) is 1.52. The molecule has 0 aromatic carbocycles. The molecule has 0 heterocycles. The second-order valence-electron chi connectivity index (χ2n) is 3.13. The van der Waals surface area contributed by atoms with Crippen LogP contribution in [-0.2, 0) is 19.0 Å². The minimum absolute atomic E-state index is 0.195. The lowest BCUT2D eigenvalue weighted by Gasteiger charge is -2.11. The number of rotatable bonds is 9. The Labute approximate surface area is 90.9 Å². The molecular weight excluding hydrogens is 198 g/mol. The first kappa shape index (κ1) is 14.3. The van der Waals surface area contributed by atoms with Gasteiger partial charge in [0.25, 0.3) is 0 Å². The first-order valence-corrected chi connectivity index (χ1v) is 5.20. The fraction of sp³-hybridized carbons (Fsp3) is 0.900. The Morgan fingerprint density at radius 2 is 2.07 bits per heavy atom. The third-order valence-electron chi connectivity index (χ3n) is 1.83. The van der Waals surface area contributed by atoms with Crippen LogP contribution in [-0.4, -0.2) is 45.5 Å². The number of hydrogen-bond donors (Lipinski definition) is 1. The third-order valence-corrected chi connectivity index (χ3v) is 1.83. The van der Waals surface area contributed by atoms with E-state index in [1.165, 1.54) is 7.11 Å². The molecule has 0 spiro atoms. The quantitative estimate of drug-likeness (QED) is 0.446. The normalized spacial score (nSPS) is 12.5. The van der Waals surface area contributed by atoms with Crippen LogP contribution in [0.2, 0.25) is 0 Å². The van der Waals surface area contributed by atoms with Crippen LogP contribution >= 0.6 is 0 Å². The van der Waals surface area contributed by atoms with Crippen molar-refractivity contribution in [3.8, 4) is 0 Å². The summed E-state index contributed by atoms with van der Waals surface area (Å²) in [4.78, 5) is 11.2. The highest BCUT2D eigenvalue weighted by molar-refractivity contribution is 5.69. The van der Waals surface area contributed by atoms with Gasteiger partial charge in [-0.05, 0) is 6.42 Å². The van der Waals surface area contributed by atoms with Crippen LogP contribution in [0.5, 0.6) is 0 Å². The largest absolute Gasteiger partial charge is 0.463 e. The molecule has 0 bridgehead atoms. The van der Waals surface area contributed by atoms with E-state index in [1.54, 1.807) is 0 Å². The van der Waals surface area contributed by atoms with Crippen LogP contribution in [0.3, 0.4) is 0 Å². The van der Waals surface area contributed by atoms with Gasteiger partial charge in [0.15, 0.2) is 0 Å². The molecule has 15 heavy (non-hydrogen) atoms. The maximum Gasteiger partial charge on any atom is 0.308 e. The van der Waals surface area contributed by atoms with Crippen molar-refractivity contribution in [3.63, 3.8) is 0 Å². The lowest BCUT2D eigenvalue weighted by Crippen LogP contribution is -2.26. The Balaban J connectivity index is 3.40. The zero-order valence-electron chi connectivity index (χ0n) is 9.53. The maximum absolute atomic E-state index is 11.2. The van der Waals surface area contributed by atoms with Crippen molar-refractivity contribution in [3.05, 3.63) is 0 Å². The van der Waals surface area contributed by atoms with E-state index >= 15 is 0 Å². The highest BCUT2D eigenvalue weighted by atomic mass is 16.6. The van der Waals surface area contributed by atoms with Gasteiger partial charge in [-0.25, -0.2) is 0 Å². The summed E-state index contributed by atoms with van der Waals surface area (Å²) >= 11 is 0. The van der Waals surface area contributed by atoms with Gasteiger partial charge in [-0.1, -0.05) is 6.92 Å². The molecule has 0 aliphatic heterocycles. The van der Waals surface area contributed by atoms with Crippen LogP contribution < -0.4 is 5.73 Å². The third kappa shape index (κ3) is 8.35. The van der Waals surface area contributed by atoms with Crippen LogP contribution in [0.1, 0.15) is 19.8 Å². The summed E-state index contributed by atoms with van der Waals surface area (Å²) < 4.78 is 15.0. The summed E-state index contributed by atoms with van der Waals surface area (Å²) in [5, 5.41) is 0. The molecule has 0 aliphatic carbocycles. The molecule has 0 fully saturated rings. The van der Waals surface area contributed by atoms with Crippen molar-refractivity contribution in [1.29, 1.82) is 0 Å². The minimum Gasteiger partial charge on any atom is -0.463 e. The van der Waals surface area contributed by atoms with Gasteiger partial charge in [0, 0.05) is 20.3 Å². The van der Waals surface area contributed by atoms with Crippen molar-refractivity contribution in [1.82, 2.24) is 0 Å². The Kier molecular flexibility index (Phi) is 9.46. The monoisotopic (exact) mass is 219 g/mol. The van der Waals surface area contributed by atoms with Crippen molar-refractivity contribution >= 4 is 5.97 Å². The Morgan fingerprint density at radius 3 is 2.60 bits per heavy atom. The smallest absolute Gasteiger partial charge is 0.308 e. The average Bonchev–Trinajstić information content (AvgIpc) is 2.25. The molecule has 1 unspecified atom stereocenters. The summed E-state index contributed by atoms with van der Waals surface area (Å²) in [5.74, 6) is -0.299. The molecule has 0 rings (SSSR count). The molecule has 0 radical (unpaired) electrons. The summed E-state index contributed by atoms with van der Waals surface area (Å²) in [6.45, 7) is 3.77. The first-order chi connectivity index (χ1) is 7.24. The van der Waals surface area contributed by atoms with Crippen LogP contribution in [0.4, 0.5) is 0 Å². The lowest BCUT2D eigenvalue weighted by atomic mass is 10.2. The lowest BCUT2D eigenvalue weighted by molar-refractivity contribution is -0.147. The van der Waals surface area contributed by atoms with Gasteiger partial charge >= 0.3 is 5.97 Å². The van der Waals surface area contributed by atoms with E-state index < -0.39 is 0 Å². The van der Waals surface area contributed by atoms with Crippen LogP contribution in [0.15, 0.2) is 0 Å². The van der Waals surface area contributed by atoms with Gasteiger partial charge in [0.2, 0.25) is 0 Å².